The molecule has 0 fully saturated rings. The zero-order chi connectivity index (χ0) is 12.2. The van der Waals surface area contributed by atoms with E-state index in [2.05, 4.69) is 11.4 Å². The molecule has 0 unspecified atom stereocenters. The Balaban J connectivity index is 2.98. The molecule has 0 aliphatic heterocycles. The van der Waals surface area contributed by atoms with Gasteiger partial charge in [0.15, 0.2) is 0 Å². The van der Waals surface area contributed by atoms with E-state index < -0.39 is 5.54 Å². The fourth-order valence-electron chi connectivity index (χ4n) is 1.43. The zero-order valence-electron chi connectivity index (χ0n) is 9.25. The van der Waals surface area contributed by atoms with Gasteiger partial charge in [0.2, 0.25) is 5.91 Å². The third-order valence-electron chi connectivity index (χ3n) is 2.29. The SMILES string of the molecule is CC(C)(NC(=O)CCl)c1cccc(C#N)c1. The van der Waals surface area contributed by atoms with Crippen LogP contribution in [0.15, 0.2) is 24.3 Å². The van der Waals surface area contributed by atoms with Crippen LogP contribution in [0.25, 0.3) is 0 Å². The van der Waals surface area contributed by atoms with Crippen LogP contribution in [0.1, 0.15) is 25.0 Å². The van der Waals surface area contributed by atoms with E-state index >= 15 is 0 Å². The smallest absolute Gasteiger partial charge is 0.235 e. The molecular formula is C12H13ClN2O. The molecule has 1 rings (SSSR count). The lowest BCUT2D eigenvalue weighted by atomic mass is 9.93. The number of carbonyl (C=O) groups is 1. The number of hydrogen-bond acceptors (Lipinski definition) is 2. The molecule has 0 radical (unpaired) electrons. The van der Waals surface area contributed by atoms with E-state index in [9.17, 15) is 4.79 Å². The van der Waals surface area contributed by atoms with Crippen LogP contribution < -0.4 is 5.32 Å². The number of amides is 1. The van der Waals surface area contributed by atoms with Gasteiger partial charge in [-0.1, -0.05) is 12.1 Å². The lowest BCUT2D eigenvalue weighted by molar-refractivity contribution is -0.120. The van der Waals surface area contributed by atoms with Crippen molar-refractivity contribution in [2.75, 3.05) is 5.88 Å². The summed E-state index contributed by atoms with van der Waals surface area (Å²) in [5.74, 6) is -0.296. The molecule has 84 valence electrons. The van der Waals surface area contributed by atoms with E-state index in [4.69, 9.17) is 16.9 Å². The van der Waals surface area contributed by atoms with Crippen molar-refractivity contribution in [1.82, 2.24) is 5.32 Å². The Labute approximate surface area is 100 Å². The molecule has 0 aliphatic rings. The van der Waals surface area contributed by atoms with Crippen molar-refractivity contribution < 1.29 is 4.79 Å². The molecular weight excluding hydrogens is 224 g/mol. The molecule has 0 atom stereocenters. The Hall–Kier alpha value is -1.53. The van der Waals surface area contributed by atoms with Crippen LogP contribution in [0.2, 0.25) is 0 Å². The Bertz CT molecular complexity index is 435. The molecule has 16 heavy (non-hydrogen) atoms. The minimum atomic E-state index is -0.529. The molecule has 3 nitrogen and oxygen atoms in total. The zero-order valence-corrected chi connectivity index (χ0v) is 10.0. The van der Waals surface area contributed by atoms with E-state index in [0.29, 0.717) is 5.56 Å². The first-order valence-electron chi connectivity index (χ1n) is 4.87. The van der Waals surface area contributed by atoms with Crippen LogP contribution in [-0.4, -0.2) is 11.8 Å². The minimum absolute atomic E-state index is 0.0681. The summed E-state index contributed by atoms with van der Waals surface area (Å²) in [6.07, 6.45) is 0. The van der Waals surface area contributed by atoms with Crippen molar-refractivity contribution in [2.45, 2.75) is 19.4 Å². The average Bonchev–Trinajstić information content (AvgIpc) is 2.28. The van der Waals surface area contributed by atoms with Crippen molar-refractivity contribution in [3.8, 4) is 6.07 Å². The van der Waals surface area contributed by atoms with Crippen molar-refractivity contribution in [3.05, 3.63) is 35.4 Å². The molecule has 0 aliphatic carbocycles. The summed E-state index contributed by atoms with van der Waals surface area (Å²) in [7, 11) is 0. The summed E-state index contributed by atoms with van der Waals surface area (Å²) in [4.78, 5) is 11.2. The number of nitriles is 1. The van der Waals surface area contributed by atoms with Gasteiger partial charge in [0.05, 0.1) is 17.2 Å². The van der Waals surface area contributed by atoms with Crippen molar-refractivity contribution >= 4 is 17.5 Å². The maximum absolute atomic E-state index is 11.2. The van der Waals surface area contributed by atoms with Gasteiger partial charge in [-0.3, -0.25) is 4.79 Å². The van der Waals surface area contributed by atoms with Gasteiger partial charge in [-0.2, -0.15) is 5.26 Å². The first kappa shape index (κ1) is 12.5. The highest BCUT2D eigenvalue weighted by atomic mass is 35.5. The first-order chi connectivity index (χ1) is 7.49. The Morgan fingerprint density at radius 2 is 2.25 bits per heavy atom. The van der Waals surface area contributed by atoms with Gasteiger partial charge in [-0.25, -0.2) is 0 Å². The van der Waals surface area contributed by atoms with Gasteiger partial charge in [-0.15, -0.1) is 11.6 Å². The topological polar surface area (TPSA) is 52.9 Å². The fourth-order valence-corrected chi connectivity index (χ4v) is 1.50. The number of nitrogens with zero attached hydrogens (tertiary/aromatic N) is 1. The average molecular weight is 237 g/mol. The number of alkyl halides is 1. The Morgan fingerprint density at radius 3 is 2.81 bits per heavy atom. The van der Waals surface area contributed by atoms with Crippen molar-refractivity contribution in [2.24, 2.45) is 0 Å². The number of halogens is 1. The molecule has 1 amide bonds. The normalized spacial score (nSPS) is 10.6. The summed E-state index contributed by atoms with van der Waals surface area (Å²) in [5, 5.41) is 11.6. The Kier molecular flexibility index (Phi) is 3.92. The van der Waals surface area contributed by atoms with E-state index in [0.717, 1.165) is 5.56 Å². The first-order valence-corrected chi connectivity index (χ1v) is 5.40. The number of benzene rings is 1. The lowest BCUT2D eigenvalue weighted by Crippen LogP contribution is -2.41. The maximum atomic E-state index is 11.2. The summed E-state index contributed by atoms with van der Waals surface area (Å²) in [5.41, 5.74) is 0.925. The van der Waals surface area contributed by atoms with Gasteiger partial charge in [-0.05, 0) is 31.5 Å². The minimum Gasteiger partial charge on any atom is -0.346 e. The third kappa shape index (κ3) is 2.98. The van der Waals surface area contributed by atoms with Crippen molar-refractivity contribution in [1.29, 1.82) is 5.26 Å². The van der Waals surface area contributed by atoms with Gasteiger partial charge >= 0.3 is 0 Å². The van der Waals surface area contributed by atoms with Crippen LogP contribution in [0.5, 0.6) is 0 Å². The summed E-state index contributed by atoms with van der Waals surface area (Å²) in [6, 6.07) is 9.22. The molecule has 0 bridgehead atoms. The highest BCUT2D eigenvalue weighted by Gasteiger charge is 2.22. The largest absolute Gasteiger partial charge is 0.346 e. The molecule has 0 saturated heterocycles. The van der Waals surface area contributed by atoms with Crippen LogP contribution >= 0.6 is 11.6 Å². The highest BCUT2D eigenvalue weighted by Crippen LogP contribution is 2.20. The second-order valence-electron chi connectivity index (χ2n) is 4.00. The molecule has 0 saturated carbocycles. The molecule has 1 N–H and O–H groups in total. The van der Waals surface area contributed by atoms with Crippen LogP contribution in [0.4, 0.5) is 0 Å². The molecule has 1 aromatic rings. The lowest BCUT2D eigenvalue weighted by Gasteiger charge is -2.26. The fraction of sp³-hybridized carbons (Fsp3) is 0.333. The van der Waals surface area contributed by atoms with E-state index in [-0.39, 0.29) is 11.8 Å². The van der Waals surface area contributed by atoms with Crippen molar-refractivity contribution in [3.63, 3.8) is 0 Å². The summed E-state index contributed by atoms with van der Waals surface area (Å²) in [6.45, 7) is 3.74. The number of rotatable bonds is 3. The van der Waals surface area contributed by atoms with E-state index in [1.165, 1.54) is 0 Å². The highest BCUT2D eigenvalue weighted by molar-refractivity contribution is 6.27. The summed E-state index contributed by atoms with van der Waals surface area (Å²) < 4.78 is 0. The van der Waals surface area contributed by atoms with E-state index in [1.54, 1.807) is 18.2 Å². The standard InChI is InChI=1S/C12H13ClN2O/c1-12(2,15-11(16)7-13)10-5-3-4-9(6-10)8-14/h3-6H,7H2,1-2H3,(H,15,16). The van der Waals surface area contributed by atoms with Gasteiger partial charge in [0.1, 0.15) is 5.88 Å². The molecule has 0 heterocycles. The Morgan fingerprint density at radius 1 is 1.56 bits per heavy atom. The number of nitrogens with one attached hydrogen (secondary N) is 1. The quantitative estimate of drug-likeness (QED) is 0.818. The number of carbonyl (C=O) groups excluding carboxylic acids is 1. The predicted molar refractivity (Wildman–Crippen MR) is 63.0 cm³/mol. The predicted octanol–water partition coefficient (Wildman–Crippen LogP) is 2.15. The van der Waals surface area contributed by atoms with Gasteiger partial charge in [0.25, 0.3) is 0 Å². The van der Waals surface area contributed by atoms with Gasteiger partial charge in [0, 0.05) is 0 Å². The summed E-state index contributed by atoms with van der Waals surface area (Å²) >= 11 is 5.44. The molecule has 0 aromatic heterocycles. The molecule has 4 heteroatoms. The second kappa shape index (κ2) is 5.00. The monoisotopic (exact) mass is 236 g/mol. The van der Waals surface area contributed by atoms with Crippen LogP contribution in [0, 0.1) is 11.3 Å². The molecule has 0 spiro atoms. The van der Waals surface area contributed by atoms with Crippen LogP contribution in [-0.2, 0) is 10.3 Å². The molecule has 1 aromatic carbocycles. The van der Waals surface area contributed by atoms with Crippen LogP contribution in [0.3, 0.4) is 0 Å². The number of hydrogen-bond donors (Lipinski definition) is 1. The van der Waals surface area contributed by atoms with Gasteiger partial charge < -0.3 is 5.32 Å². The maximum Gasteiger partial charge on any atom is 0.235 e. The second-order valence-corrected chi connectivity index (χ2v) is 4.27. The third-order valence-corrected chi connectivity index (χ3v) is 2.53. The van der Waals surface area contributed by atoms with E-state index in [1.807, 2.05) is 19.9 Å².